The summed E-state index contributed by atoms with van der Waals surface area (Å²) < 4.78 is 11.9. The van der Waals surface area contributed by atoms with Gasteiger partial charge in [-0.1, -0.05) is 64.4 Å². The zero-order valence-electron chi connectivity index (χ0n) is 28.2. The Bertz CT molecular complexity index is 1430. The van der Waals surface area contributed by atoms with Gasteiger partial charge in [-0.25, -0.2) is 0 Å². The first-order valence-corrected chi connectivity index (χ1v) is 16.5. The van der Waals surface area contributed by atoms with Gasteiger partial charge < -0.3 is 35.6 Å². The zero-order chi connectivity index (χ0) is 34.1. The van der Waals surface area contributed by atoms with Crippen LogP contribution in [0, 0.1) is 11.8 Å². The molecule has 1 saturated heterocycles. The number of likely N-dealkylation sites (N-methyl/N-ethyl adjacent to an activating group) is 1. The highest BCUT2D eigenvalue weighted by Crippen LogP contribution is 2.30. The van der Waals surface area contributed by atoms with Gasteiger partial charge in [-0.2, -0.15) is 0 Å². The van der Waals surface area contributed by atoms with Gasteiger partial charge in [0.15, 0.2) is 0 Å². The Morgan fingerprint density at radius 2 is 1.81 bits per heavy atom. The molecule has 11 heteroatoms. The van der Waals surface area contributed by atoms with E-state index in [9.17, 15) is 19.2 Å². The number of likely N-dealkylation sites (tertiary alicyclic amines) is 1. The van der Waals surface area contributed by atoms with E-state index in [4.69, 9.17) is 9.47 Å². The number of carbonyl (C=O) groups is 4. The molecule has 47 heavy (non-hydrogen) atoms. The Morgan fingerprint density at radius 1 is 1.06 bits per heavy atom. The summed E-state index contributed by atoms with van der Waals surface area (Å²) in [6.07, 6.45) is 4.41. The molecule has 0 unspecified atom stereocenters. The Labute approximate surface area is 277 Å². The number of benzene rings is 2. The minimum Gasteiger partial charge on any atom is -0.496 e. The molecule has 4 amide bonds. The van der Waals surface area contributed by atoms with E-state index < -0.39 is 36.2 Å². The summed E-state index contributed by atoms with van der Waals surface area (Å²) in [6.45, 7) is 8.06. The predicted octanol–water partition coefficient (Wildman–Crippen LogP) is 3.04. The second kappa shape index (κ2) is 16.4. The standard InChI is InChI=1S/C36H49N5O6/c1-7-23(4)31-34(43)38-17-15-25-21-26(13-14-29(25)46-6)47-30-16-18-41(32(30)35(44)40-31)36(45)28(19-22(2)3)39-33(42)27(37-5)20-24-11-9-8-10-12-24/h8-15,17,21-23,27-28,30-32,37H,7,16,18-20H2,1-6H3,(H,38,43)(H,39,42)(H,40,44)/t23-,27-,28-,30-,31-,32+/m0/s1. The Balaban J connectivity index is 1.65. The monoisotopic (exact) mass is 647 g/mol. The highest BCUT2D eigenvalue weighted by Gasteiger charge is 2.46. The predicted molar refractivity (Wildman–Crippen MR) is 180 cm³/mol. The van der Waals surface area contributed by atoms with Crippen LogP contribution in [0.1, 0.15) is 58.1 Å². The van der Waals surface area contributed by atoms with Crippen molar-refractivity contribution < 1.29 is 28.7 Å². The van der Waals surface area contributed by atoms with Crippen LogP contribution >= 0.6 is 0 Å². The van der Waals surface area contributed by atoms with Gasteiger partial charge in [-0.15, -0.1) is 0 Å². The van der Waals surface area contributed by atoms with Crippen molar-refractivity contribution in [3.63, 3.8) is 0 Å². The van der Waals surface area contributed by atoms with Crippen molar-refractivity contribution in [2.45, 2.75) is 83.6 Å². The molecule has 0 spiro atoms. The minimum absolute atomic E-state index is 0.0821. The van der Waals surface area contributed by atoms with Crippen LogP contribution in [0.3, 0.4) is 0 Å². The zero-order valence-corrected chi connectivity index (χ0v) is 28.2. The van der Waals surface area contributed by atoms with E-state index in [1.807, 2.05) is 58.0 Å². The Hall–Kier alpha value is -4.38. The van der Waals surface area contributed by atoms with Gasteiger partial charge >= 0.3 is 0 Å². The van der Waals surface area contributed by atoms with Crippen LogP contribution in [-0.4, -0.2) is 79.5 Å². The van der Waals surface area contributed by atoms with Crippen molar-refractivity contribution in [2.24, 2.45) is 11.8 Å². The number of nitrogens with zero attached hydrogens (tertiary/aromatic N) is 1. The number of rotatable bonds is 11. The van der Waals surface area contributed by atoms with Gasteiger partial charge in [-0.3, -0.25) is 19.2 Å². The molecule has 6 atom stereocenters. The van der Waals surface area contributed by atoms with Crippen molar-refractivity contribution in [3.05, 3.63) is 65.9 Å². The quantitative estimate of drug-likeness (QED) is 0.294. The average molecular weight is 648 g/mol. The Morgan fingerprint density at radius 3 is 2.47 bits per heavy atom. The van der Waals surface area contributed by atoms with Gasteiger partial charge in [-0.05, 0) is 61.6 Å². The molecule has 4 N–H and O–H groups in total. The summed E-state index contributed by atoms with van der Waals surface area (Å²) in [4.78, 5) is 56.9. The third kappa shape index (κ3) is 8.91. The molecule has 2 aliphatic rings. The molecular weight excluding hydrogens is 598 g/mol. The van der Waals surface area contributed by atoms with Crippen molar-refractivity contribution in [2.75, 3.05) is 20.7 Å². The molecule has 2 aliphatic heterocycles. The molecule has 0 aromatic heterocycles. The second-order valence-electron chi connectivity index (χ2n) is 12.8. The molecule has 4 rings (SSSR count). The SMILES string of the molecule is CC[C@H](C)[C@@H]1NC(=O)[C@H]2[C@H](CCN2C(=O)[C@H](CC(C)C)NC(=O)[C@H](Cc2ccccc2)NC)Oc2ccc(OC)c(c2)C=CNC1=O. The van der Waals surface area contributed by atoms with Crippen molar-refractivity contribution in [3.8, 4) is 11.5 Å². The van der Waals surface area contributed by atoms with E-state index in [0.717, 1.165) is 5.56 Å². The van der Waals surface area contributed by atoms with E-state index in [1.54, 1.807) is 38.4 Å². The molecule has 2 heterocycles. The van der Waals surface area contributed by atoms with E-state index in [0.29, 0.717) is 42.7 Å². The van der Waals surface area contributed by atoms with Crippen molar-refractivity contribution >= 4 is 29.7 Å². The normalized spacial score (nSPS) is 21.5. The molecule has 11 nitrogen and oxygen atoms in total. The topological polar surface area (TPSA) is 138 Å². The van der Waals surface area contributed by atoms with E-state index >= 15 is 0 Å². The van der Waals surface area contributed by atoms with Crippen LogP contribution in [0.4, 0.5) is 0 Å². The van der Waals surface area contributed by atoms with Crippen LogP contribution in [0.15, 0.2) is 54.7 Å². The fourth-order valence-corrected chi connectivity index (χ4v) is 6.12. The van der Waals surface area contributed by atoms with Crippen LogP contribution < -0.4 is 30.7 Å². The summed E-state index contributed by atoms with van der Waals surface area (Å²) in [5.41, 5.74) is 1.67. The summed E-state index contributed by atoms with van der Waals surface area (Å²) in [6, 6.07) is 11.7. The number of fused-ring (bicyclic) bond motifs is 3. The smallest absolute Gasteiger partial charge is 0.247 e. The molecule has 0 radical (unpaired) electrons. The summed E-state index contributed by atoms with van der Waals surface area (Å²) in [5, 5.41) is 11.8. The van der Waals surface area contributed by atoms with Crippen molar-refractivity contribution in [1.29, 1.82) is 0 Å². The van der Waals surface area contributed by atoms with E-state index in [2.05, 4.69) is 21.3 Å². The lowest BCUT2D eigenvalue weighted by Crippen LogP contribution is -2.60. The number of methoxy groups -OCH3 is 1. The maximum absolute atomic E-state index is 14.4. The van der Waals surface area contributed by atoms with Gasteiger partial charge in [0.1, 0.15) is 35.7 Å². The number of amides is 4. The second-order valence-corrected chi connectivity index (χ2v) is 12.8. The molecule has 2 aromatic carbocycles. The average Bonchev–Trinajstić information content (AvgIpc) is 3.48. The lowest BCUT2D eigenvalue weighted by Gasteiger charge is -2.33. The molecule has 0 saturated carbocycles. The third-order valence-corrected chi connectivity index (χ3v) is 8.93. The fourth-order valence-electron chi connectivity index (χ4n) is 6.12. The van der Waals surface area contributed by atoms with Gasteiger partial charge in [0, 0.05) is 24.7 Å². The lowest BCUT2D eigenvalue weighted by molar-refractivity contribution is -0.144. The van der Waals surface area contributed by atoms with Crippen molar-refractivity contribution in [1.82, 2.24) is 26.2 Å². The number of nitrogens with one attached hydrogen (secondary N) is 4. The summed E-state index contributed by atoms with van der Waals surface area (Å²) in [7, 11) is 3.28. The van der Waals surface area contributed by atoms with Gasteiger partial charge in [0.25, 0.3) is 0 Å². The molecular formula is C36H49N5O6. The Kier molecular flexibility index (Phi) is 12.4. The third-order valence-electron chi connectivity index (χ3n) is 8.93. The largest absolute Gasteiger partial charge is 0.496 e. The van der Waals surface area contributed by atoms with Gasteiger partial charge in [0.2, 0.25) is 23.6 Å². The van der Waals surface area contributed by atoms with Crippen LogP contribution in [-0.2, 0) is 25.6 Å². The lowest BCUT2D eigenvalue weighted by atomic mass is 9.97. The molecule has 2 bridgehead atoms. The summed E-state index contributed by atoms with van der Waals surface area (Å²) in [5.74, 6) is -0.529. The van der Waals surface area contributed by atoms with E-state index in [-0.39, 0.29) is 36.1 Å². The van der Waals surface area contributed by atoms with Crippen LogP contribution in [0.25, 0.3) is 6.08 Å². The molecule has 1 fully saturated rings. The molecule has 2 aromatic rings. The highest BCUT2D eigenvalue weighted by molar-refractivity contribution is 5.96. The summed E-state index contributed by atoms with van der Waals surface area (Å²) >= 11 is 0. The number of carbonyl (C=O) groups excluding carboxylic acids is 4. The molecule has 254 valence electrons. The maximum Gasteiger partial charge on any atom is 0.247 e. The number of hydrogen-bond acceptors (Lipinski definition) is 7. The first kappa shape index (κ1) is 35.5. The fraction of sp³-hybridized carbons (Fsp3) is 0.500. The van der Waals surface area contributed by atoms with E-state index in [1.165, 1.54) is 11.1 Å². The maximum atomic E-state index is 14.4. The first-order chi connectivity index (χ1) is 22.6. The van der Waals surface area contributed by atoms with Gasteiger partial charge in [0.05, 0.1) is 13.2 Å². The number of hydrogen-bond donors (Lipinski definition) is 4. The molecule has 0 aliphatic carbocycles. The van der Waals surface area contributed by atoms with Crippen LogP contribution in [0.5, 0.6) is 11.5 Å². The van der Waals surface area contributed by atoms with Crippen LogP contribution in [0.2, 0.25) is 0 Å². The highest BCUT2D eigenvalue weighted by atomic mass is 16.5. The first-order valence-electron chi connectivity index (χ1n) is 16.5. The number of ether oxygens (including phenoxy) is 2. The minimum atomic E-state index is -1.03.